The Hall–Kier alpha value is -0.820. The molecular formula is C6H10F3NO3. The molecule has 0 aliphatic carbocycles. The molecule has 1 amide bonds. The van der Waals surface area contributed by atoms with Gasteiger partial charge in [0.15, 0.2) is 0 Å². The highest BCUT2D eigenvalue weighted by molar-refractivity contribution is 5.76. The third-order valence-electron chi connectivity index (χ3n) is 1.11. The van der Waals surface area contributed by atoms with Crippen molar-refractivity contribution < 1.29 is 28.2 Å². The molecule has 1 atom stereocenters. The maximum absolute atomic E-state index is 11.5. The molecule has 0 spiro atoms. The fourth-order valence-electron chi connectivity index (χ4n) is 0.541. The average molecular weight is 201 g/mol. The smallest absolute Gasteiger partial charge is 0.394 e. The molecule has 0 aromatic heterocycles. The number of carbonyl (C=O) groups is 1. The van der Waals surface area contributed by atoms with Gasteiger partial charge in [0, 0.05) is 6.54 Å². The first-order valence-corrected chi connectivity index (χ1v) is 3.47. The number of hydrogen-bond donors (Lipinski definition) is 3. The number of aliphatic hydroxyl groups is 2. The van der Waals surface area contributed by atoms with Crippen LogP contribution in [0.2, 0.25) is 0 Å². The van der Waals surface area contributed by atoms with E-state index in [0.717, 1.165) is 0 Å². The Morgan fingerprint density at radius 3 is 2.38 bits per heavy atom. The summed E-state index contributed by atoms with van der Waals surface area (Å²) in [5.74, 6) is -1.22. The maximum atomic E-state index is 11.5. The molecule has 0 rings (SSSR count). The number of aliphatic hydroxyl groups excluding tert-OH is 2. The van der Waals surface area contributed by atoms with Crippen molar-refractivity contribution in [3.8, 4) is 0 Å². The number of alkyl halides is 3. The first-order valence-electron chi connectivity index (χ1n) is 3.47. The van der Waals surface area contributed by atoms with Crippen LogP contribution in [0.4, 0.5) is 13.2 Å². The molecule has 0 fully saturated rings. The lowest BCUT2D eigenvalue weighted by atomic mass is 10.3. The standard InChI is InChI=1S/C6H10F3NO3/c7-6(8,9)1-5(13)10-2-4(12)3-11/h4,11-12H,1-3H2,(H,10,13). The normalized spacial score (nSPS) is 13.9. The van der Waals surface area contributed by atoms with Gasteiger partial charge in [0.2, 0.25) is 5.91 Å². The highest BCUT2D eigenvalue weighted by atomic mass is 19.4. The van der Waals surface area contributed by atoms with E-state index in [1.807, 2.05) is 5.32 Å². The van der Waals surface area contributed by atoms with Crippen LogP contribution in [0.3, 0.4) is 0 Å². The molecule has 0 radical (unpaired) electrons. The van der Waals surface area contributed by atoms with Gasteiger partial charge in [-0.2, -0.15) is 13.2 Å². The van der Waals surface area contributed by atoms with E-state index < -0.39 is 31.2 Å². The zero-order chi connectivity index (χ0) is 10.5. The van der Waals surface area contributed by atoms with E-state index >= 15 is 0 Å². The van der Waals surface area contributed by atoms with Gasteiger partial charge in [-0.25, -0.2) is 0 Å². The van der Waals surface area contributed by atoms with Crippen LogP contribution in [0.25, 0.3) is 0 Å². The predicted octanol–water partition coefficient (Wildman–Crippen LogP) is -0.592. The highest BCUT2D eigenvalue weighted by Gasteiger charge is 2.31. The molecule has 13 heavy (non-hydrogen) atoms. The van der Waals surface area contributed by atoms with Gasteiger partial charge in [0.1, 0.15) is 6.42 Å². The first kappa shape index (κ1) is 12.2. The number of amides is 1. The van der Waals surface area contributed by atoms with E-state index in [1.165, 1.54) is 0 Å². The summed E-state index contributed by atoms with van der Waals surface area (Å²) in [7, 11) is 0. The van der Waals surface area contributed by atoms with Crippen LogP contribution in [0, 0.1) is 0 Å². The Bertz CT molecular complexity index is 171. The molecule has 4 nitrogen and oxygen atoms in total. The topological polar surface area (TPSA) is 69.6 Å². The maximum Gasteiger partial charge on any atom is 0.397 e. The Balaban J connectivity index is 3.64. The van der Waals surface area contributed by atoms with E-state index in [2.05, 4.69) is 0 Å². The molecule has 3 N–H and O–H groups in total. The van der Waals surface area contributed by atoms with Gasteiger partial charge in [-0.05, 0) is 0 Å². The molecule has 0 aromatic rings. The summed E-state index contributed by atoms with van der Waals surface area (Å²) < 4.78 is 34.6. The third kappa shape index (κ3) is 7.54. The second-order valence-electron chi connectivity index (χ2n) is 2.43. The molecule has 0 bridgehead atoms. The molecule has 0 saturated heterocycles. The van der Waals surface area contributed by atoms with E-state index in [1.54, 1.807) is 0 Å². The second kappa shape index (κ2) is 5.03. The fourth-order valence-corrected chi connectivity index (χ4v) is 0.541. The zero-order valence-corrected chi connectivity index (χ0v) is 6.64. The van der Waals surface area contributed by atoms with E-state index in [-0.39, 0.29) is 6.54 Å². The van der Waals surface area contributed by atoms with Crippen molar-refractivity contribution in [2.24, 2.45) is 0 Å². The summed E-state index contributed by atoms with van der Waals surface area (Å²) in [6.07, 6.45) is -7.35. The van der Waals surface area contributed by atoms with Crippen molar-refractivity contribution in [2.45, 2.75) is 18.7 Å². The first-order chi connectivity index (χ1) is 5.85. The molecular weight excluding hydrogens is 191 g/mol. The summed E-state index contributed by atoms with van der Waals surface area (Å²) in [5, 5.41) is 18.7. The van der Waals surface area contributed by atoms with Crippen LogP contribution in [0.1, 0.15) is 6.42 Å². The summed E-state index contributed by atoms with van der Waals surface area (Å²) in [4.78, 5) is 10.5. The van der Waals surface area contributed by atoms with Crippen LogP contribution < -0.4 is 5.32 Å². The minimum absolute atomic E-state index is 0.384. The Kier molecular flexibility index (Phi) is 4.71. The van der Waals surface area contributed by atoms with Gasteiger partial charge in [0.05, 0.1) is 12.7 Å². The molecule has 0 saturated carbocycles. The molecule has 7 heteroatoms. The number of halogens is 3. The Morgan fingerprint density at radius 2 is 2.00 bits per heavy atom. The van der Waals surface area contributed by atoms with E-state index in [4.69, 9.17) is 10.2 Å². The van der Waals surface area contributed by atoms with Crippen LogP contribution in [-0.2, 0) is 4.79 Å². The summed E-state index contributed by atoms with van der Waals surface area (Å²) >= 11 is 0. The third-order valence-corrected chi connectivity index (χ3v) is 1.11. The van der Waals surface area contributed by atoms with Gasteiger partial charge in [-0.1, -0.05) is 0 Å². The monoisotopic (exact) mass is 201 g/mol. The number of nitrogens with one attached hydrogen (secondary N) is 1. The van der Waals surface area contributed by atoms with Crippen molar-refractivity contribution in [1.29, 1.82) is 0 Å². The predicted molar refractivity (Wildman–Crippen MR) is 36.8 cm³/mol. The minimum Gasteiger partial charge on any atom is -0.394 e. The summed E-state index contributed by atoms with van der Waals surface area (Å²) in [6, 6.07) is 0. The number of rotatable bonds is 4. The lowest BCUT2D eigenvalue weighted by Gasteiger charge is -2.10. The summed E-state index contributed by atoms with van der Waals surface area (Å²) in [6.45, 7) is -0.988. The largest absolute Gasteiger partial charge is 0.397 e. The lowest BCUT2D eigenvalue weighted by Crippen LogP contribution is -2.36. The Morgan fingerprint density at radius 1 is 1.46 bits per heavy atom. The van der Waals surface area contributed by atoms with Gasteiger partial charge >= 0.3 is 6.18 Å². The second-order valence-corrected chi connectivity index (χ2v) is 2.43. The minimum atomic E-state index is -4.55. The van der Waals surface area contributed by atoms with Crippen molar-refractivity contribution in [3.63, 3.8) is 0 Å². The lowest BCUT2D eigenvalue weighted by molar-refractivity contribution is -0.154. The van der Waals surface area contributed by atoms with Gasteiger partial charge in [0.25, 0.3) is 0 Å². The number of hydrogen-bond acceptors (Lipinski definition) is 3. The van der Waals surface area contributed by atoms with Crippen molar-refractivity contribution >= 4 is 5.91 Å². The molecule has 1 unspecified atom stereocenters. The molecule has 0 aromatic carbocycles. The SMILES string of the molecule is O=C(CC(F)(F)F)NCC(O)CO. The van der Waals surface area contributed by atoms with Gasteiger partial charge < -0.3 is 15.5 Å². The van der Waals surface area contributed by atoms with Gasteiger partial charge in [-0.3, -0.25) is 4.79 Å². The van der Waals surface area contributed by atoms with Gasteiger partial charge in [-0.15, -0.1) is 0 Å². The number of carbonyl (C=O) groups excluding carboxylic acids is 1. The quantitative estimate of drug-likeness (QED) is 0.569. The van der Waals surface area contributed by atoms with Crippen molar-refractivity contribution in [2.75, 3.05) is 13.2 Å². The zero-order valence-electron chi connectivity index (χ0n) is 6.64. The molecule has 0 aliphatic heterocycles. The fraction of sp³-hybridized carbons (Fsp3) is 0.833. The molecule has 0 aliphatic rings. The summed E-state index contributed by atoms with van der Waals surface area (Å²) in [5.41, 5.74) is 0. The van der Waals surface area contributed by atoms with E-state index in [0.29, 0.717) is 0 Å². The molecule has 0 heterocycles. The average Bonchev–Trinajstić information content (AvgIpc) is 1.97. The van der Waals surface area contributed by atoms with Crippen LogP contribution in [0.15, 0.2) is 0 Å². The Labute approximate surface area is 72.4 Å². The van der Waals surface area contributed by atoms with E-state index in [9.17, 15) is 18.0 Å². The van der Waals surface area contributed by atoms with Crippen molar-refractivity contribution in [3.05, 3.63) is 0 Å². The van der Waals surface area contributed by atoms with Crippen LogP contribution in [0.5, 0.6) is 0 Å². The van der Waals surface area contributed by atoms with Crippen LogP contribution in [-0.4, -0.2) is 41.6 Å². The molecule has 78 valence electrons. The highest BCUT2D eigenvalue weighted by Crippen LogP contribution is 2.18. The van der Waals surface area contributed by atoms with Crippen LogP contribution >= 0.6 is 0 Å². The van der Waals surface area contributed by atoms with Crippen molar-refractivity contribution in [1.82, 2.24) is 5.32 Å².